The van der Waals surface area contributed by atoms with E-state index < -0.39 is 6.10 Å². The van der Waals surface area contributed by atoms with Gasteiger partial charge in [-0.15, -0.1) is 0 Å². The number of aliphatic hydroxyl groups is 1. The van der Waals surface area contributed by atoms with E-state index in [0.29, 0.717) is 11.4 Å². The van der Waals surface area contributed by atoms with Crippen molar-refractivity contribution in [1.82, 2.24) is 5.32 Å². The van der Waals surface area contributed by atoms with E-state index in [9.17, 15) is 9.90 Å². The first kappa shape index (κ1) is 14.3. The van der Waals surface area contributed by atoms with E-state index in [4.69, 9.17) is 16.3 Å². The Morgan fingerprint density at radius 2 is 2.21 bits per heavy atom. The number of hydrogen-bond donors (Lipinski definition) is 2. The molecule has 0 aliphatic carbocycles. The van der Waals surface area contributed by atoms with Gasteiger partial charge in [-0.05, 0) is 30.5 Å². The van der Waals surface area contributed by atoms with Crippen LogP contribution in [-0.2, 0) is 9.53 Å². The molecule has 2 unspecified atom stereocenters. The fraction of sp³-hybridized carbons (Fsp3) is 0.500. The average molecular weight is 284 g/mol. The smallest absolute Gasteiger partial charge is 0.222 e. The lowest BCUT2D eigenvalue weighted by Crippen LogP contribution is -2.30. The third kappa shape index (κ3) is 4.49. The highest BCUT2D eigenvalue weighted by Crippen LogP contribution is 2.17. The SMILES string of the molecule is O=C(CC1CCCO1)NCC(O)c1ccc(Cl)cc1. The van der Waals surface area contributed by atoms with Gasteiger partial charge in [-0.3, -0.25) is 4.79 Å². The second-order valence-electron chi connectivity index (χ2n) is 4.71. The summed E-state index contributed by atoms with van der Waals surface area (Å²) in [4.78, 5) is 11.7. The Morgan fingerprint density at radius 3 is 2.84 bits per heavy atom. The first-order chi connectivity index (χ1) is 9.15. The van der Waals surface area contributed by atoms with Crippen molar-refractivity contribution in [3.8, 4) is 0 Å². The van der Waals surface area contributed by atoms with Gasteiger partial charge in [0.05, 0.1) is 18.6 Å². The molecule has 0 aromatic heterocycles. The minimum absolute atomic E-state index is 0.0349. The van der Waals surface area contributed by atoms with Crippen LogP contribution in [0.3, 0.4) is 0 Å². The molecule has 2 rings (SSSR count). The Bertz CT molecular complexity index is 415. The van der Waals surface area contributed by atoms with Crippen LogP contribution in [0.4, 0.5) is 0 Å². The van der Waals surface area contributed by atoms with Crippen LogP contribution in [0.15, 0.2) is 24.3 Å². The van der Waals surface area contributed by atoms with Crippen molar-refractivity contribution in [2.75, 3.05) is 13.2 Å². The number of carbonyl (C=O) groups is 1. The summed E-state index contributed by atoms with van der Waals surface area (Å²) in [7, 11) is 0. The zero-order valence-electron chi connectivity index (χ0n) is 10.6. The van der Waals surface area contributed by atoms with Gasteiger partial charge in [0.1, 0.15) is 0 Å². The summed E-state index contributed by atoms with van der Waals surface area (Å²) in [6.07, 6.45) is 1.64. The van der Waals surface area contributed by atoms with Crippen molar-refractivity contribution in [1.29, 1.82) is 0 Å². The first-order valence-corrected chi connectivity index (χ1v) is 6.85. The fourth-order valence-corrected chi connectivity index (χ4v) is 2.22. The fourth-order valence-electron chi connectivity index (χ4n) is 2.10. The van der Waals surface area contributed by atoms with E-state index in [0.717, 1.165) is 25.0 Å². The van der Waals surface area contributed by atoms with Crippen molar-refractivity contribution in [3.05, 3.63) is 34.9 Å². The van der Waals surface area contributed by atoms with E-state index in [1.54, 1.807) is 24.3 Å². The molecule has 1 aromatic rings. The van der Waals surface area contributed by atoms with Gasteiger partial charge in [-0.2, -0.15) is 0 Å². The number of amides is 1. The molecule has 1 aliphatic heterocycles. The van der Waals surface area contributed by atoms with Crippen LogP contribution in [0.1, 0.15) is 30.9 Å². The summed E-state index contributed by atoms with van der Waals surface area (Å²) < 4.78 is 5.39. The third-order valence-electron chi connectivity index (χ3n) is 3.18. The summed E-state index contributed by atoms with van der Waals surface area (Å²) in [5.41, 5.74) is 0.738. The molecule has 2 N–H and O–H groups in total. The molecule has 0 spiro atoms. The summed E-state index contributed by atoms with van der Waals surface area (Å²) >= 11 is 5.77. The molecule has 1 amide bonds. The van der Waals surface area contributed by atoms with Crippen LogP contribution in [0.2, 0.25) is 5.02 Å². The molecule has 1 heterocycles. The third-order valence-corrected chi connectivity index (χ3v) is 3.44. The topological polar surface area (TPSA) is 58.6 Å². The molecule has 0 bridgehead atoms. The van der Waals surface area contributed by atoms with Gasteiger partial charge in [0.25, 0.3) is 0 Å². The molecule has 4 nitrogen and oxygen atoms in total. The lowest BCUT2D eigenvalue weighted by molar-refractivity contribution is -0.123. The van der Waals surface area contributed by atoms with Crippen molar-refractivity contribution in [2.24, 2.45) is 0 Å². The molecular weight excluding hydrogens is 266 g/mol. The lowest BCUT2D eigenvalue weighted by atomic mass is 10.1. The van der Waals surface area contributed by atoms with Gasteiger partial charge in [-0.1, -0.05) is 23.7 Å². The second kappa shape index (κ2) is 6.89. The summed E-state index contributed by atoms with van der Waals surface area (Å²) in [6.45, 7) is 0.943. The highest BCUT2D eigenvalue weighted by Gasteiger charge is 2.19. The Kier molecular flexibility index (Phi) is 5.19. The van der Waals surface area contributed by atoms with Crippen LogP contribution in [-0.4, -0.2) is 30.3 Å². The number of rotatable bonds is 5. The first-order valence-electron chi connectivity index (χ1n) is 6.47. The van der Waals surface area contributed by atoms with Crippen LogP contribution in [0, 0.1) is 0 Å². The van der Waals surface area contributed by atoms with E-state index in [1.807, 2.05) is 0 Å². The molecular formula is C14H18ClNO3. The molecule has 1 fully saturated rings. The summed E-state index contributed by atoms with van der Waals surface area (Å²) in [5.74, 6) is -0.0834. The second-order valence-corrected chi connectivity index (χ2v) is 5.15. The number of aliphatic hydroxyl groups excluding tert-OH is 1. The van der Waals surface area contributed by atoms with Crippen molar-refractivity contribution in [3.63, 3.8) is 0 Å². The predicted octanol–water partition coefficient (Wildman–Crippen LogP) is 2.06. The normalized spacial score (nSPS) is 20.2. The van der Waals surface area contributed by atoms with Crippen LogP contribution in [0.5, 0.6) is 0 Å². The molecule has 1 aromatic carbocycles. The van der Waals surface area contributed by atoms with Crippen molar-refractivity contribution < 1.29 is 14.6 Å². The predicted molar refractivity (Wildman–Crippen MR) is 73.0 cm³/mol. The lowest BCUT2D eigenvalue weighted by Gasteiger charge is -2.14. The quantitative estimate of drug-likeness (QED) is 0.870. The Morgan fingerprint density at radius 1 is 1.47 bits per heavy atom. The maximum absolute atomic E-state index is 11.7. The van der Waals surface area contributed by atoms with E-state index in [-0.39, 0.29) is 18.6 Å². The van der Waals surface area contributed by atoms with Crippen molar-refractivity contribution >= 4 is 17.5 Å². The van der Waals surface area contributed by atoms with E-state index >= 15 is 0 Å². The van der Waals surface area contributed by atoms with Crippen LogP contribution >= 0.6 is 11.6 Å². The van der Waals surface area contributed by atoms with Crippen LogP contribution in [0.25, 0.3) is 0 Å². The molecule has 104 valence electrons. The minimum Gasteiger partial charge on any atom is -0.387 e. The van der Waals surface area contributed by atoms with Gasteiger partial charge in [0.15, 0.2) is 0 Å². The maximum atomic E-state index is 11.7. The molecule has 5 heteroatoms. The van der Waals surface area contributed by atoms with Gasteiger partial charge in [-0.25, -0.2) is 0 Å². The molecule has 2 atom stereocenters. The molecule has 1 saturated heterocycles. The minimum atomic E-state index is -0.717. The standard InChI is InChI=1S/C14H18ClNO3/c15-11-5-3-10(4-6-11)13(17)9-16-14(18)8-12-2-1-7-19-12/h3-6,12-13,17H,1-2,7-9H2,(H,16,18). The molecule has 1 aliphatic rings. The number of ether oxygens (including phenoxy) is 1. The molecule has 0 saturated carbocycles. The van der Waals surface area contributed by atoms with Gasteiger partial charge in [0, 0.05) is 18.2 Å². The highest BCUT2D eigenvalue weighted by molar-refractivity contribution is 6.30. The summed E-state index contributed by atoms with van der Waals surface area (Å²) in [5, 5.41) is 13.3. The zero-order chi connectivity index (χ0) is 13.7. The highest BCUT2D eigenvalue weighted by atomic mass is 35.5. The Balaban J connectivity index is 1.74. The average Bonchev–Trinajstić information content (AvgIpc) is 2.89. The van der Waals surface area contributed by atoms with Gasteiger partial charge in [0.2, 0.25) is 5.91 Å². The number of hydrogen-bond acceptors (Lipinski definition) is 3. The molecule has 19 heavy (non-hydrogen) atoms. The van der Waals surface area contributed by atoms with Gasteiger partial charge >= 0.3 is 0 Å². The maximum Gasteiger partial charge on any atom is 0.222 e. The number of halogens is 1. The Hall–Kier alpha value is -1.10. The number of carbonyl (C=O) groups excluding carboxylic acids is 1. The molecule has 0 radical (unpaired) electrons. The number of nitrogens with one attached hydrogen (secondary N) is 1. The van der Waals surface area contributed by atoms with Crippen LogP contribution < -0.4 is 5.32 Å². The summed E-state index contributed by atoms with van der Waals surface area (Å²) in [6, 6.07) is 6.93. The van der Waals surface area contributed by atoms with E-state index in [1.165, 1.54) is 0 Å². The van der Waals surface area contributed by atoms with E-state index in [2.05, 4.69) is 5.32 Å². The number of benzene rings is 1. The Labute approximate surface area is 117 Å². The van der Waals surface area contributed by atoms with Gasteiger partial charge < -0.3 is 15.2 Å². The van der Waals surface area contributed by atoms with Crippen molar-refractivity contribution in [2.45, 2.75) is 31.5 Å². The monoisotopic (exact) mass is 283 g/mol. The largest absolute Gasteiger partial charge is 0.387 e. The zero-order valence-corrected chi connectivity index (χ0v) is 11.4.